The summed E-state index contributed by atoms with van der Waals surface area (Å²) in [5.74, 6) is -6.68. The van der Waals surface area contributed by atoms with E-state index >= 15 is 0 Å². The summed E-state index contributed by atoms with van der Waals surface area (Å²) in [6.45, 7) is 2.08. The molecule has 0 saturated heterocycles. The number of hydrogen-bond acceptors (Lipinski definition) is 3. The zero-order valence-electron chi connectivity index (χ0n) is 10.0. The molecule has 0 aromatic heterocycles. The molecular weight excluding hydrogens is 247 g/mol. The van der Waals surface area contributed by atoms with E-state index in [1.165, 1.54) is 19.1 Å². The van der Waals surface area contributed by atoms with Gasteiger partial charge in [0.1, 0.15) is 11.4 Å². The Morgan fingerprint density at radius 1 is 1.39 bits per heavy atom. The predicted molar refractivity (Wildman–Crippen MR) is 59.5 cm³/mol. The van der Waals surface area contributed by atoms with Gasteiger partial charge < -0.3 is 10.5 Å². The van der Waals surface area contributed by atoms with E-state index in [2.05, 4.69) is 4.74 Å². The Morgan fingerprint density at radius 2 is 1.94 bits per heavy atom. The van der Waals surface area contributed by atoms with E-state index in [0.29, 0.717) is 0 Å². The largest absolute Gasteiger partial charge is 0.461 e. The van der Waals surface area contributed by atoms with Crippen molar-refractivity contribution in [3.05, 3.63) is 35.6 Å². The highest BCUT2D eigenvalue weighted by molar-refractivity contribution is 5.79. The molecule has 100 valence electrons. The zero-order chi connectivity index (χ0) is 14.0. The van der Waals surface area contributed by atoms with Gasteiger partial charge in [0.05, 0.1) is 6.61 Å². The van der Waals surface area contributed by atoms with Crippen molar-refractivity contribution in [2.75, 3.05) is 6.61 Å². The van der Waals surface area contributed by atoms with Gasteiger partial charge in [-0.3, -0.25) is 0 Å². The maximum absolute atomic E-state index is 13.9. The van der Waals surface area contributed by atoms with Crippen LogP contribution in [0.25, 0.3) is 0 Å². The number of ether oxygens (including phenoxy) is 1. The number of nitrogens with two attached hydrogens (primary N) is 1. The Hall–Kier alpha value is -1.56. The van der Waals surface area contributed by atoms with Gasteiger partial charge in [-0.25, -0.2) is 9.18 Å². The fraction of sp³-hybridized carbons (Fsp3) is 0.417. The third-order valence-electron chi connectivity index (χ3n) is 2.62. The van der Waals surface area contributed by atoms with Crippen LogP contribution in [0.15, 0.2) is 24.3 Å². The Labute approximate surface area is 103 Å². The first-order valence-electron chi connectivity index (χ1n) is 5.34. The Morgan fingerprint density at radius 3 is 2.44 bits per heavy atom. The molecule has 0 radical (unpaired) electrons. The van der Waals surface area contributed by atoms with Gasteiger partial charge in [0.25, 0.3) is 0 Å². The first kappa shape index (κ1) is 14.5. The molecule has 0 aliphatic carbocycles. The number of benzene rings is 1. The lowest BCUT2D eigenvalue weighted by Gasteiger charge is -2.32. The van der Waals surface area contributed by atoms with Gasteiger partial charge >= 0.3 is 11.9 Å². The third kappa shape index (κ3) is 2.33. The fourth-order valence-corrected chi connectivity index (χ4v) is 1.49. The number of hydrogen-bond donors (Lipinski definition) is 1. The molecule has 1 aromatic carbocycles. The molecule has 1 unspecified atom stereocenters. The van der Waals surface area contributed by atoms with Crippen LogP contribution < -0.4 is 5.73 Å². The minimum atomic E-state index is -4.02. The minimum absolute atomic E-state index is 0.207. The maximum Gasteiger partial charge on any atom is 0.379 e. The molecule has 1 aromatic rings. The quantitative estimate of drug-likeness (QED) is 0.845. The number of carbonyl (C=O) groups is 1. The molecule has 6 heteroatoms. The van der Waals surface area contributed by atoms with Crippen molar-refractivity contribution in [3.8, 4) is 0 Å². The molecule has 3 nitrogen and oxygen atoms in total. The predicted octanol–water partition coefficient (Wildman–Crippen LogP) is 2.20. The van der Waals surface area contributed by atoms with Crippen LogP contribution in [0.3, 0.4) is 0 Å². The summed E-state index contributed by atoms with van der Waals surface area (Å²) < 4.78 is 45.5. The van der Waals surface area contributed by atoms with Gasteiger partial charge in [0.15, 0.2) is 0 Å². The van der Waals surface area contributed by atoms with Crippen LogP contribution in [0.5, 0.6) is 0 Å². The highest BCUT2D eigenvalue weighted by Gasteiger charge is 2.57. The SMILES string of the molecule is CCOC(=O)C(F)(F)C(C)(N)c1ccccc1F. The summed E-state index contributed by atoms with van der Waals surface area (Å²) in [7, 11) is 0. The van der Waals surface area contributed by atoms with Crippen molar-refractivity contribution >= 4 is 5.97 Å². The number of halogens is 3. The molecule has 1 atom stereocenters. The summed E-state index contributed by atoms with van der Waals surface area (Å²) in [6, 6.07) is 4.83. The molecule has 0 aliphatic rings. The van der Waals surface area contributed by atoms with Crippen LogP contribution in [0.1, 0.15) is 19.4 Å². The molecule has 0 saturated carbocycles. The van der Waals surface area contributed by atoms with Crippen LogP contribution in [0.2, 0.25) is 0 Å². The van der Waals surface area contributed by atoms with Crippen molar-refractivity contribution in [1.29, 1.82) is 0 Å². The Kier molecular flexibility index (Phi) is 4.01. The first-order chi connectivity index (χ1) is 8.25. The normalized spacial score (nSPS) is 15.0. The van der Waals surface area contributed by atoms with Gasteiger partial charge in [-0.1, -0.05) is 18.2 Å². The lowest BCUT2D eigenvalue weighted by molar-refractivity contribution is -0.182. The van der Waals surface area contributed by atoms with Gasteiger partial charge in [0.2, 0.25) is 0 Å². The lowest BCUT2D eigenvalue weighted by atomic mass is 9.86. The molecule has 0 aliphatic heterocycles. The average Bonchev–Trinajstić information content (AvgIpc) is 2.29. The van der Waals surface area contributed by atoms with E-state index in [-0.39, 0.29) is 6.61 Å². The summed E-state index contributed by atoms with van der Waals surface area (Å²) in [5, 5.41) is 0. The molecule has 0 amide bonds. The van der Waals surface area contributed by atoms with E-state index in [0.717, 1.165) is 19.1 Å². The summed E-state index contributed by atoms with van der Waals surface area (Å²) in [4.78, 5) is 11.2. The smallest absolute Gasteiger partial charge is 0.379 e. The van der Waals surface area contributed by atoms with Gasteiger partial charge in [-0.15, -0.1) is 0 Å². The second-order valence-electron chi connectivity index (χ2n) is 3.98. The van der Waals surface area contributed by atoms with E-state index in [9.17, 15) is 18.0 Å². The molecule has 0 heterocycles. The van der Waals surface area contributed by atoms with Crippen molar-refractivity contribution < 1.29 is 22.7 Å². The van der Waals surface area contributed by atoms with Crippen LogP contribution in [0.4, 0.5) is 13.2 Å². The molecule has 0 spiro atoms. The Bertz CT molecular complexity index is 447. The second-order valence-corrected chi connectivity index (χ2v) is 3.98. The monoisotopic (exact) mass is 261 g/mol. The number of alkyl halides is 2. The topological polar surface area (TPSA) is 52.3 Å². The minimum Gasteiger partial charge on any atom is -0.461 e. The van der Waals surface area contributed by atoms with Gasteiger partial charge in [-0.05, 0) is 19.9 Å². The molecular formula is C12H14F3NO2. The highest BCUT2D eigenvalue weighted by atomic mass is 19.3. The maximum atomic E-state index is 13.9. The molecule has 1 rings (SSSR count). The Balaban J connectivity index is 3.20. The average molecular weight is 261 g/mol. The molecule has 0 fully saturated rings. The van der Waals surface area contributed by atoms with Crippen LogP contribution in [0, 0.1) is 5.82 Å². The second kappa shape index (κ2) is 4.97. The van der Waals surface area contributed by atoms with E-state index in [1.54, 1.807) is 0 Å². The van der Waals surface area contributed by atoms with Crippen LogP contribution >= 0.6 is 0 Å². The van der Waals surface area contributed by atoms with Crippen molar-refractivity contribution in [2.45, 2.75) is 25.3 Å². The number of esters is 1. The number of carbonyl (C=O) groups excluding carboxylic acids is 1. The zero-order valence-corrected chi connectivity index (χ0v) is 10.0. The molecule has 18 heavy (non-hydrogen) atoms. The van der Waals surface area contributed by atoms with Crippen LogP contribution in [-0.4, -0.2) is 18.5 Å². The first-order valence-corrected chi connectivity index (χ1v) is 5.34. The van der Waals surface area contributed by atoms with E-state index < -0.39 is 28.8 Å². The standard InChI is InChI=1S/C12H14F3NO2/c1-3-18-10(17)12(14,15)11(2,16)8-6-4-5-7-9(8)13/h4-7H,3,16H2,1-2H3. The van der Waals surface area contributed by atoms with Crippen molar-refractivity contribution in [3.63, 3.8) is 0 Å². The summed E-state index contributed by atoms with van der Waals surface area (Å²) in [6.07, 6.45) is 0. The van der Waals surface area contributed by atoms with E-state index in [1.807, 2.05) is 0 Å². The fourth-order valence-electron chi connectivity index (χ4n) is 1.49. The van der Waals surface area contributed by atoms with Crippen molar-refractivity contribution in [1.82, 2.24) is 0 Å². The van der Waals surface area contributed by atoms with Gasteiger partial charge in [-0.2, -0.15) is 8.78 Å². The summed E-state index contributed by atoms with van der Waals surface area (Å²) in [5.41, 5.74) is 2.53. The van der Waals surface area contributed by atoms with Gasteiger partial charge in [0, 0.05) is 5.56 Å². The molecule has 2 N–H and O–H groups in total. The number of rotatable bonds is 4. The van der Waals surface area contributed by atoms with Crippen molar-refractivity contribution in [2.24, 2.45) is 5.73 Å². The highest BCUT2D eigenvalue weighted by Crippen LogP contribution is 2.37. The lowest BCUT2D eigenvalue weighted by Crippen LogP contribution is -2.56. The summed E-state index contributed by atoms with van der Waals surface area (Å²) >= 11 is 0. The molecule has 0 bridgehead atoms. The van der Waals surface area contributed by atoms with Crippen LogP contribution in [-0.2, 0) is 15.1 Å². The third-order valence-corrected chi connectivity index (χ3v) is 2.62. The van der Waals surface area contributed by atoms with E-state index in [4.69, 9.17) is 5.73 Å².